The summed E-state index contributed by atoms with van der Waals surface area (Å²) >= 11 is 0. The molecule has 26 heavy (non-hydrogen) atoms. The average molecular weight is 402 g/mol. The van der Waals surface area contributed by atoms with Crippen LogP contribution in [0, 0.1) is 0 Å². The minimum Gasteiger partial charge on any atom is -0.368 e. The summed E-state index contributed by atoms with van der Waals surface area (Å²) in [5.74, 6) is -0.0722. The van der Waals surface area contributed by atoms with Gasteiger partial charge in [0.2, 0.25) is 10.0 Å². The number of sulfonamides is 1. The second-order valence-electron chi connectivity index (χ2n) is 6.47. The second-order valence-corrected chi connectivity index (χ2v) is 10.4. The molecular formula is C16H22N2O6S2. The summed E-state index contributed by atoms with van der Waals surface area (Å²) < 4.78 is 55.2. The lowest BCUT2D eigenvalue weighted by molar-refractivity contribution is -0.142. The Kier molecular flexibility index (Phi) is 5.38. The van der Waals surface area contributed by atoms with Gasteiger partial charge in [-0.05, 0) is 37.1 Å². The molecule has 0 bridgehead atoms. The zero-order chi connectivity index (χ0) is 18.9. The molecule has 1 aromatic carbocycles. The van der Waals surface area contributed by atoms with Crippen molar-refractivity contribution in [1.82, 2.24) is 9.21 Å². The van der Waals surface area contributed by atoms with Gasteiger partial charge in [0, 0.05) is 39.0 Å². The zero-order valence-electron chi connectivity index (χ0n) is 14.5. The summed E-state index contributed by atoms with van der Waals surface area (Å²) in [5.41, 5.74) is 0. The smallest absolute Gasteiger partial charge is 0.251 e. The molecule has 1 atom stereocenters. The fraction of sp³-hybridized carbons (Fsp3) is 0.562. The van der Waals surface area contributed by atoms with Gasteiger partial charge in [-0.25, -0.2) is 16.8 Å². The minimum absolute atomic E-state index is 0.0452. The van der Waals surface area contributed by atoms with Crippen molar-refractivity contribution in [2.45, 2.75) is 28.7 Å². The number of piperazine rings is 1. The highest BCUT2D eigenvalue weighted by Crippen LogP contribution is 2.21. The van der Waals surface area contributed by atoms with E-state index in [0.717, 1.165) is 12.7 Å². The highest BCUT2D eigenvalue weighted by molar-refractivity contribution is 7.90. The van der Waals surface area contributed by atoms with E-state index in [4.69, 9.17) is 4.74 Å². The lowest BCUT2D eigenvalue weighted by Gasteiger charge is -2.35. The summed E-state index contributed by atoms with van der Waals surface area (Å²) in [6.45, 7) is 1.64. The van der Waals surface area contributed by atoms with Gasteiger partial charge in [-0.15, -0.1) is 0 Å². The first kappa shape index (κ1) is 19.3. The molecule has 0 N–H and O–H groups in total. The third kappa shape index (κ3) is 3.93. The molecule has 2 heterocycles. The van der Waals surface area contributed by atoms with E-state index < -0.39 is 26.0 Å². The molecule has 1 aromatic rings. The van der Waals surface area contributed by atoms with Gasteiger partial charge in [-0.3, -0.25) is 4.79 Å². The van der Waals surface area contributed by atoms with Crippen molar-refractivity contribution in [2.75, 3.05) is 39.0 Å². The van der Waals surface area contributed by atoms with Crippen LogP contribution in [0.15, 0.2) is 34.1 Å². The van der Waals surface area contributed by atoms with Crippen molar-refractivity contribution >= 4 is 25.8 Å². The molecular weight excluding hydrogens is 380 g/mol. The van der Waals surface area contributed by atoms with E-state index in [9.17, 15) is 21.6 Å². The van der Waals surface area contributed by atoms with E-state index in [1.807, 2.05) is 0 Å². The third-order valence-corrected chi connectivity index (χ3v) is 7.69. The number of hydrogen-bond donors (Lipinski definition) is 0. The highest BCUT2D eigenvalue weighted by atomic mass is 32.2. The molecule has 1 amide bonds. The summed E-state index contributed by atoms with van der Waals surface area (Å²) in [6, 6.07) is 5.18. The van der Waals surface area contributed by atoms with E-state index >= 15 is 0 Å². The lowest BCUT2D eigenvalue weighted by atomic mass is 10.2. The monoisotopic (exact) mass is 402 g/mol. The molecule has 8 nitrogen and oxygen atoms in total. The Balaban J connectivity index is 1.67. The molecule has 1 unspecified atom stereocenters. The summed E-state index contributed by atoms with van der Waals surface area (Å²) in [6.07, 6.45) is 2.25. The number of ether oxygens (including phenoxy) is 1. The van der Waals surface area contributed by atoms with Crippen LogP contribution in [0.5, 0.6) is 0 Å². The van der Waals surface area contributed by atoms with Crippen LogP contribution in [0.25, 0.3) is 0 Å². The van der Waals surface area contributed by atoms with Crippen molar-refractivity contribution in [3.05, 3.63) is 24.3 Å². The summed E-state index contributed by atoms with van der Waals surface area (Å²) in [5, 5.41) is 0. The van der Waals surface area contributed by atoms with E-state index in [1.54, 1.807) is 4.90 Å². The van der Waals surface area contributed by atoms with Crippen molar-refractivity contribution in [2.24, 2.45) is 0 Å². The number of hydrogen-bond acceptors (Lipinski definition) is 6. The molecule has 0 spiro atoms. The number of benzene rings is 1. The third-order valence-electron chi connectivity index (χ3n) is 4.65. The van der Waals surface area contributed by atoms with Gasteiger partial charge in [0.15, 0.2) is 9.84 Å². The van der Waals surface area contributed by atoms with Crippen LogP contribution in [-0.2, 0) is 29.4 Å². The number of amides is 1. The van der Waals surface area contributed by atoms with Gasteiger partial charge in [0.25, 0.3) is 5.91 Å². The quantitative estimate of drug-likeness (QED) is 0.708. The fourth-order valence-corrected chi connectivity index (χ4v) is 5.19. The number of nitrogens with zero attached hydrogens (tertiary/aromatic N) is 2. The standard InChI is InChI=1S/C16H22N2O6S2/c1-25(20,21)13-4-6-14(7-5-13)26(22,23)18-10-8-17(9-11-18)16(19)15-3-2-12-24-15/h4-7,15H,2-3,8-12H2,1H3. The molecule has 0 aliphatic carbocycles. The first-order valence-electron chi connectivity index (χ1n) is 8.40. The SMILES string of the molecule is CS(=O)(=O)c1ccc(S(=O)(=O)N2CCN(C(=O)C3CCCO3)CC2)cc1. The van der Waals surface area contributed by atoms with Crippen LogP contribution >= 0.6 is 0 Å². The van der Waals surface area contributed by atoms with Crippen molar-refractivity contribution in [1.29, 1.82) is 0 Å². The van der Waals surface area contributed by atoms with Gasteiger partial charge in [-0.2, -0.15) is 4.31 Å². The number of carbonyl (C=O) groups excluding carboxylic acids is 1. The highest BCUT2D eigenvalue weighted by Gasteiger charge is 2.34. The van der Waals surface area contributed by atoms with Gasteiger partial charge in [0.05, 0.1) is 9.79 Å². The Bertz CT molecular complexity index is 866. The normalized spacial score (nSPS) is 22.5. The van der Waals surface area contributed by atoms with E-state index in [-0.39, 0.29) is 28.8 Å². The molecule has 0 saturated carbocycles. The van der Waals surface area contributed by atoms with Crippen LogP contribution in [0.2, 0.25) is 0 Å². The molecule has 144 valence electrons. The van der Waals surface area contributed by atoms with Crippen LogP contribution in [0.1, 0.15) is 12.8 Å². The molecule has 2 saturated heterocycles. The number of rotatable bonds is 4. The molecule has 2 fully saturated rings. The molecule has 0 aromatic heterocycles. The average Bonchev–Trinajstić information content (AvgIpc) is 3.15. The first-order chi connectivity index (χ1) is 12.2. The maximum absolute atomic E-state index is 12.7. The Morgan fingerprint density at radius 2 is 1.58 bits per heavy atom. The van der Waals surface area contributed by atoms with Crippen LogP contribution in [0.4, 0.5) is 0 Å². The maximum atomic E-state index is 12.7. The van der Waals surface area contributed by atoms with E-state index in [1.165, 1.54) is 28.6 Å². The van der Waals surface area contributed by atoms with Crippen LogP contribution < -0.4 is 0 Å². The predicted octanol–water partition coefficient (Wildman–Crippen LogP) is 0.102. The zero-order valence-corrected chi connectivity index (χ0v) is 16.1. The summed E-state index contributed by atoms with van der Waals surface area (Å²) in [4.78, 5) is 14.1. The van der Waals surface area contributed by atoms with Gasteiger partial charge in [-0.1, -0.05) is 0 Å². The van der Waals surface area contributed by atoms with E-state index in [0.29, 0.717) is 26.1 Å². The fourth-order valence-electron chi connectivity index (χ4n) is 3.13. The molecule has 10 heteroatoms. The maximum Gasteiger partial charge on any atom is 0.251 e. The molecule has 0 radical (unpaired) electrons. The number of carbonyl (C=O) groups is 1. The topological polar surface area (TPSA) is 101 Å². The molecule has 2 aliphatic rings. The Hall–Kier alpha value is -1.49. The predicted molar refractivity (Wildman–Crippen MR) is 93.9 cm³/mol. The summed E-state index contributed by atoms with van der Waals surface area (Å²) in [7, 11) is -7.10. The van der Waals surface area contributed by atoms with Crippen molar-refractivity contribution < 1.29 is 26.4 Å². The minimum atomic E-state index is -3.72. The second kappa shape index (κ2) is 7.26. The van der Waals surface area contributed by atoms with Gasteiger partial charge in [0.1, 0.15) is 6.10 Å². The van der Waals surface area contributed by atoms with E-state index in [2.05, 4.69) is 0 Å². The van der Waals surface area contributed by atoms with Crippen molar-refractivity contribution in [3.8, 4) is 0 Å². The van der Waals surface area contributed by atoms with Gasteiger partial charge >= 0.3 is 0 Å². The number of sulfone groups is 1. The van der Waals surface area contributed by atoms with Crippen LogP contribution in [-0.4, -0.2) is 77.1 Å². The van der Waals surface area contributed by atoms with Crippen LogP contribution in [0.3, 0.4) is 0 Å². The van der Waals surface area contributed by atoms with Crippen molar-refractivity contribution in [3.63, 3.8) is 0 Å². The first-order valence-corrected chi connectivity index (χ1v) is 11.7. The molecule has 2 aliphatic heterocycles. The largest absolute Gasteiger partial charge is 0.368 e. The van der Waals surface area contributed by atoms with Gasteiger partial charge < -0.3 is 9.64 Å². The lowest BCUT2D eigenvalue weighted by Crippen LogP contribution is -2.52. The molecule has 3 rings (SSSR count). The Labute approximate surface area is 153 Å². The Morgan fingerprint density at radius 1 is 1.00 bits per heavy atom. The Morgan fingerprint density at radius 3 is 2.08 bits per heavy atom.